The van der Waals surface area contributed by atoms with Crippen LogP contribution in [0.15, 0.2) is 28.4 Å². The standard InChI is InChI=1S/C14H20IN7O2S2/c1-16-22-13(23)4-6-25-26-7-5-18-14(24)11-2-3-12(19-8-11)21-20-10-17-9-15/h2-3,8,10H,1,4-7,9H2,(H,17,20)(H,18,24)(H,19,21)(H,22,23). The normalized spacial score (nSPS) is 10.3. The minimum absolute atomic E-state index is 0.153. The van der Waals surface area contributed by atoms with Gasteiger partial charge in [0.05, 0.1) is 10.1 Å². The minimum atomic E-state index is -0.175. The first kappa shape index (κ1) is 22.5. The lowest BCUT2D eigenvalue weighted by molar-refractivity contribution is -0.120. The van der Waals surface area contributed by atoms with E-state index < -0.39 is 0 Å². The first-order valence-corrected chi connectivity index (χ1v) is 11.5. The summed E-state index contributed by atoms with van der Waals surface area (Å²) in [7, 11) is 3.17. The Bertz CT molecular complexity index is 601. The highest BCUT2D eigenvalue weighted by Crippen LogP contribution is 2.21. The molecule has 0 aliphatic carbocycles. The first-order chi connectivity index (χ1) is 12.7. The number of anilines is 1. The zero-order chi connectivity index (χ0) is 19.0. The fourth-order valence-electron chi connectivity index (χ4n) is 1.49. The average molecular weight is 509 g/mol. The monoisotopic (exact) mass is 509 g/mol. The summed E-state index contributed by atoms with van der Waals surface area (Å²) in [5.41, 5.74) is 8.38. The molecule has 0 atom stereocenters. The molecule has 0 aliphatic rings. The summed E-state index contributed by atoms with van der Waals surface area (Å²) in [6.07, 6.45) is 3.42. The molecule has 2 amide bonds. The van der Waals surface area contributed by atoms with E-state index in [0.29, 0.717) is 34.7 Å². The topological polar surface area (TPSA) is 120 Å². The van der Waals surface area contributed by atoms with Crippen LogP contribution in [0.3, 0.4) is 0 Å². The van der Waals surface area contributed by atoms with Crippen molar-refractivity contribution in [1.82, 2.24) is 21.2 Å². The summed E-state index contributed by atoms with van der Waals surface area (Å²) in [6, 6.07) is 3.39. The molecule has 1 heterocycles. The van der Waals surface area contributed by atoms with Crippen LogP contribution in [-0.2, 0) is 4.79 Å². The molecule has 4 N–H and O–H groups in total. The van der Waals surface area contributed by atoms with Crippen LogP contribution in [0.4, 0.5) is 5.82 Å². The Morgan fingerprint density at radius 2 is 2.12 bits per heavy atom. The Morgan fingerprint density at radius 3 is 2.81 bits per heavy atom. The smallest absolute Gasteiger partial charge is 0.252 e. The number of nitrogens with one attached hydrogen (secondary N) is 4. The molecule has 9 nitrogen and oxygen atoms in total. The molecule has 0 unspecified atom stereocenters. The van der Waals surface area contributed by atoms with Crippen LogP contribution < -0.4 is 21.6 Å². The third-order valence-corrected chi connectivity index (χ3v) is 5.42. The van der Waals surface area contributed by atoms with Crippen molar-refractivity contribution in [1.29, 1.82) is 0 Å². The van der Waals surface area contributed by atoms with Gasteiger partial charge in [0, 0.05) is 37.4 Å². The van der Waals surface area contributed by atoms with Gasteiger partial charge in [0.15, 0.2) is 0 Å². The van der Waals surface area contributed by atoms with E-state index in [1.165, 1.54) is 12.5 Å². The summed E-state index contributed by atoms with van der Waals surface area (Å²) >= 11 is 2.13. The Labute approximate surface area is 173 Å². The van der Waals surface area contributed by atoms with E-state index >= 15 is 0 Å². The number of hydrogen-bond acceptors (Lipinski definition) is 8. The number of hydrazone groups is 1. The number of carbonyl (C=O) groups excluding carboxylic acids is 2. The third kappa shape index (κ3) is 10.5. The van der Waals surface area contributed by atoms with E-state index in [9.17, 15) is 9.59 Å². The third-order valence-electron chi connectivity index (χ3n) is 2.62. The highest BCUT2D eigenvalue weighted by molar-refractivity contribution is 14.1. The van der Waals surface area contributed by atoms with Gasteiger partial charge in [-0.2, -0.15) is 5.10 Å². The maximum absolute atomic E-state index is 12.0. The fraction of sp³-hybridized carbons (Fsp3) is 0.357. The molecule has 26 heavy (non-hydrogen) atoms. The lowest BCUT2D eigenvalue weighted by Gasteiger charge is -2.07. The van der Waals surface area contributed by atoms with Gasteiger partial charge in [-0.05, 0) is 12.1 Å². The molecule has 1 aromatic heterocycles. The largest absolute Gasteiger partial charge is 0.351 e. The lowest BCUT2D eigenvalue weighted by Crippen LogP contribution is -2.26. The molecule has 1 aromatic rings. The maximum Gasteiger partial charge on any atom is 0.252 e. The second-order valence-electron chi connectivity index (χ2n) is 4.48. The summed E-state index contributed by atoms with van der Waals surface area (Å²) in [5, 5.41) is 6.13. The number of carbonyl (C=O) groups is 2. The van der Waals surface area contributed by atoms with Crippen molar-refractivity contribution in [2.45, 2.75) is 6.42 Å². The van der Waals surface area contributed by atoms with Gasteiger partial charge < -0.3 is 5.32 Å². The second-order valence-corrected chi connectivity index (χ2v) is 7.86. The van der Waals surface area contributed by atoms with Crippen molar-refractivity contribution >= 4 is 74.9 Å². The number of rotatable bonds is 13. The van der Waals surface area contributed by atoms with Crippen molar-refractivity contribution in [3.05, 3.63) is 23.9 Å². The number of hydrazine groups is 1. The van der Waals surface area contributed by atoms with Gasteiger partial charge in [-0.15, -0.1) is 0 Å². The van der Waals surface area contributed by atoms with E-state index in [-0.39, 0.29) is 11.8 Å². The summed E-state index contributed by atoms with van der Waals surface area (Å²) < 4.78 is 0.665. The Morgan fingerprint density at radius 1 is 1.31 bits per heavy atom. The van der Waals surface area contributed by atoms with Crippen molar-refractivity contribution in [3.63, 3.8) is 0 Å². The fourth-order valence-corrected chi connectivity index (χ4v) is 3.59. The minimum Gasteiger partial charge on any atom is -0.351 e. The molecule has 12 heteroatoms. The van der Waals surface area contributed by atoms with Gasteiger partial charge in [0.25, 0.3) is 5.91 Å². The van der Waals surface area contributed by atoms with Crippen LogP contribution in [0.25, 0.3) is 0 Å². The number of pyridine rings is 1. The molecule has 0 aliphatic heterocycles. The number of halogens is 1. The molecule has 0 aromatic carbocycles. The van der Waals surface area contributed by atoms with Crippen LogP contribution in [0.5, 0.6) is 0 Å². The summed E-state index contributed by atoms with van der Waals surface area (Å²) in [4.78, 5) is 31.3. The lowest BCUT2D eigenvalue weighted by atomic mass is 10.2. The van der Waals surface area contributed by atoms with Gasteiger partial charge in [-0.1, -0.05) is 44.2 Å². The van der Waals surface area contributed by atoms with Crippen LogP contribution in [-0.4, -0.2) is 52.5 Å². The van der Waals surface area contributed by atoms with E-state index in [2.05, 4.69) is 66.0 Å². The predicted molar refractivity (Wildman–Crippen MR) is 118 cm³/mol. The Kier molecular flexibility index (Phi) is 12.6. The summed E-state index contributed by atoms with van der Waals surface area (Å²) in [5.74, 6) is 1.67. The van der Waals surface area contributed by atoms with Crippen LogP contribution in [0, 0.1) is 0 Å². The molecule has 142 valence electrons. The van der Waals surface area contributed by atoms with Crippen molar-refractivity contribution in [2.24, 2.45) is 10.1 Å². The highest BCUT2D eigenvalue weighted by Gasteiger charge is 2.05. The molecule has 0 saturated carbocycles. The summed E-state index contributed by atoms with van der Waals surface area (Å²) in [6.45, 7) is 3.72. The second kappa shape index (κ2) is 14.6. The average Bonchev–Trinajstić information content (AvgIpc) is 2.65. The van der Waals surface area contributed by atoms with Crippen LogP contribution in [0.2, 0.25) is 0 Å². The Balaban J connectivity index is 2.16. The zero-order valence-electron chi connectivity index (χ0n) is 13.9. The molecule has 0 fully saturated rings. The number of nitrogens with zero attached hydrogens (tertiary/aromatic N) is 3. The van der Waals surface area contributed by atoms with Crippen molar-refractivity contribution in [3.8, 4) is 0 Å². The highest BCUT2D eigenvalue weighted by atomic mass is 127. The van der Waals surface area contributed by atoms with E-state index in [0.717, 1.165) is 5.75 Å². The number of alkyl halides is 1. The maximum atomic E-state index is 12.0. The molecule has 1 rings (SSSR count). The number of amides is 2. The molecular formula is C14H20IN7O2S2. The van der Waals surface area contributed by atoms with E-state index in [1.807, 2.05) is 0 Å². The molecule has 0 spiro atoms. The molecular weight excluding hydrogens is 489 g/mol. The van der Waals surface area contributed by atoms with Gasteiger partial charge in [0.1, 0.15) is 12.2 Å². The predicted octanol–water partition coefficient (Wildman–Crippen LogP) is 1.65. The molecule has 0 bridgehead atoms. The van der Waals surface area contributed by atoms with Gasteiger partial charge in [-0.3, -0.25) is 25.4 Å². The number of hydrogen-bond donors (Lipinski definition) is 4. The van der Waals surface area contributed by atoms with Crippen molar-refractivity contribution < 1.29 is 9.59 Å². The van der Waals surface area contributed by atoms with Gasteiger partial charge in [-0.25, -0.2) is 10.4 Å². The molecule has 0 saturated heterocycles. The zero-order valence-corrected chi connectivity index (χ0v) is 17.7. The van der Waals surface area contributed by atoms with E-state index in [4.69, 9.17) is 0 Å². The quantitative estimate of drug-likeness (QED) is 0.0467. The van der Waals surface area contributed by atoms with E-state index in [1.54, 1.807) is 33.7 Å². The van der Waals surface area contributed by atoms with Gasteiger partial charge >= 0.3 is 0 Å². The van der Waals surface area contributed by atoms with Gasteiger partial charge in [0.2, 0.25) is 5.91 Å². The number of aromatic nitrogens is 1. The van der Waals surface area contributed by atoms with Crippen molar-refractivity contribution in [2.75, 3.05) is 28.0 Å². The molecule has 0 radical (unpaired) electrons. The van der Waals surface area contributed by atoms with Crippen LogP contribution in [0.1, 0.15) is 16.8 Å². The SMILES string of the molecule is C=NNC(=O)CCSSCCNC(=O)c1ccc(NNC=NCI)nc1. The Hall–Kier alpha value is -1.54. The van der Waals surface area contributed by atoms with Crippen LogP contribution >= 0.6 is 44.2 Å². The number of aliphatic imine (C=N–C) groups is 1. The first-order valence-electron chi connectivity index (χ1n) is 7.46.